The number of hydrogen-bond donors (Lipinski definition) is 1. The van der Waals surface area contributed by atoms with Gasteiger partial charge < -0.3 is 15.0 Å². The fraction of sp³-hybridized carbons (Fsp3) is 0.263. The third-order valence-electron chi connectivity index (χ3n) is 3.98. The first kappa shape index (κ1) is 19.2. The van der Waals surface area contributed by atoms with Gasteiger partial charge in [0.1, 0.15) is 12.3 Å². The van der Waals surface area contributed by atoms with Gasteiger partial charge in [0.25, 0.3) is 5.24 Å². The van der Waals surface area contributed by atoms with Crippen LogP contribution in [-0.2, 0) is 11.2 Å². The number of ether oxygens (including phenoxy) is 1. The van der Waals surface area contributed by atoms with Crippen molar-refractivity contribution in [3.63, 3.8) is 0 Å². The summed E-state index contributed by atoms with van der Waals surface area (Å²) >= 11 is 1.18. The second-order valence-corrected chi connectivity index (χ2v) is 6.99. The summed E-state index contributed by atoms with van der Waals surface area (Å²) in [5, 5.41) is 2.60. The molecule has 0 aromatic heterocycles. The van der Waals surface area contributed by atoms with E-state index in [9.17, 15) is 18.4 Å². The molecule has 2 aromatic rings. The molecule has 2 amide bonds. The number of carbonyl (C=O) groups excluding carboxylic acids is 2. The maximum Gasteiger partial charge on any atom is 0.387 e. The summed E-state index contributed by atoms with van der Waals surface area (Å²) in [5.74, 6) is 0.407. The van der Waals surface area contributed by atoms with E-state index in [0.717, 1.165) is 5.56 Å². The molecule has 0 aliphatic carbocycles. The highest BCUT2D eigenvalue weighted by atomic mass is 32.2. The van der Waals surface area contributed by atoms with Gasteiger partial charge in [-0.05, 0) is 23.8 Å². The zero-order valence-corrected chi connectivity index (χ0v) is 15.2. The number of thioether (sulfide) groups is 1. The van der Waals surface area contributed by atoms with Gasteiger partial charge in [0.2, 0.25) is 5.91 Å². The topological polar surface area (TPSA) is 58.6 Å². The average Bonchev–Trinajstić information content (AvgIpc) is 3.02. The van der Waals surface area contributed by atoms with Gasteiger partial charge in [-0.25, -0.2) is 0 Å². The molecule has 1 saturated heterocycles. The molecule has 0 radical (unpaired) electrons. The van der Waals surface area contributed by atoms with Crippen LogP contribution in [0.3, 0.4) is 0 Å². The Balaban J connectivity index is 1.74. The van der Waals surface area contributed by atoms with Crippen LogP contribution in [0.5, 0.6) is 5.75 Å². The van der Waals surface area contributed by atoms with Crippen LogP contribution in [0, 0.1) is 0 Å². The highest BCUT2D eigenvalue weighted by molar-refractivity contribution is 8.13. The standard InChI is InChI=1S/C19H18F2N2O3S/c20-18(21)26-16-7-6-15(11-14(16)10-13-4-2-1-3-5-13)22-17(24)12-23-8-9-27-19(23)25/h1-7,11,18H,8-10,12H2,(H,22,24). The molecule has 8 heteroatoms. The van der Waals surface area contributed by atoms with Crippen molar-refractivity contribution >= 4 is 28.6 Å². The number of rotatable bonds is 7. The van der Waals surface area contributed by atoms with E-state index >= 15 is 0 Å². The summed E-state index contributed by atoms with van der Waals surface area (Å²) in [6, 6.07) is 13.9. The minimum Gasteiger partial charge on any atom is -0.435 e. The first-order valence-corrected chi connectivity index (χ1v) is 9.33. The summed E-state index contributed by atoms with van der Waals surface area (Å²) < 4.78 is 30.0. The predicted octanol–water partition coefficient (Wildman–Crippen LogP) is 3.99. The first-order valence-electron chi connectivity index (χ1n) is 8.34. The zero-order valence-electron chi connectivity index (χ0n) is 14.4. The number of benzene rings is 2. The third-order valence-corrected chi connectivity index (χ3v) is 4.87. The molecule has 5 nitrogen and oxygen atoms in total. The molecule has 1 heterocycles. The molecular weight excluding hydrogens is 374 g/mol. The minimum atomic E-state index is -2.93. The molecule has 0 unspecified atom stereocenters. The van der Waals surface area contributed by atoms with Crippen molar-refractivity contribution in [3.05, 3.63) is 59.7 Å². The van der Waals surface area contributed by atoms with Crippen molar-refractivity contribution < 1.29 is 23.1 Å². The van der Waals surface area contributed by atoms with E-state index in [2.05, 4.69) is 10.1 Å². The molecule has 0 saturated carbocycles. The van der Waals surface area contributed by atoms with Gasteiger partial charge in [0, 0.05) is 30.0 Å². The number of hydrogen-bond acceptors (Lipinski definition) is 4. The van der Waals surface area contributed by atoms with Gasteiger partial charge >= 0.3 is 6.61 Å². The highest BCUT2D eigenvalue weighted by Gasteiger charge is 2.23. The molecular formula is C19H18F2N2O3S. The summed E-state index contributed by atoms with van der Waals surface area (Å²) in [5.41, 5.74) is 1.93. The van der Waals surface area contributed by atoms with Crippen LogP contribution >= 0.6 is 11.8 Å². The molecule has 3 rings (SSSR count). The van der Waals surface area contributed by atoms with Crippen molar-refractivity contribution in [1.82, 2.24) is 4.90 Å². The predicted molar refractivity (Wildman–Crippen MR) is 100 cm³/mol. The number of nitrogens with one attached hydrogen (secondary N) is 1. The maximum atomic E-state index is 12.7. The van der Waals surface area contributed by atoms with Crippen LogP contribution in [0.4, 0.5) is 19.3 Å². The molecule has 1 fully saturated rings. The molecule has 1 aliphatic rings. The molecule has 1 aliphatic heterocycles. The van der Waals surface area contributed by atoms with Crippen LogP contribution < -0.4 is 10.1 Å². The van der Waals surface area contributed by atoms with Crippen LogP contribution in [0.2, 0.25) is 0 Å². The smallest absolute Gasteiger partial charge is 0.387 e. The number of alkyl halides is 2. The van der Waals surface area contributed by atoms with Crippen molar-refractivity contribution in [1.29, 1.82) is 0 Å². The normalized spacial score (nSPS) is 13.9. The van der Waals surface area contributed by atoms with Crippen LogP contribution in [0.15, 0.2) is 48.5 Å². The van der Waals surface area contributed by atoms with Crippen LogP contribution in [0.25, 0.3) is 0 Å². The van der Waals surface area contributed by atoms with E-state index in [1.807, 2.05) is 30.3 Å². The van der Waals surface area contributed by atoms with Crippen molar-refractivity contribution in [3.8, 4) is 5.75 Å². The molecule has 27 heavy (non-hydrogen) atoms. The Hall–Kier alpha value is -2.61. The Morgan fingerprint density at radius 3 is 2.67 bits per heavy atom. The molecule has 0 spiro atoms. The highest BCUT2D eigenvalue weighted by Crippen LogP contribution is 2.27. The number of nitrogens with zero attached hydrogens (tertiary/aromatic N) is 1. The number of carbonyl (C=O) groups is 2. The lowest BCUT2D eigenvalue weighted by atomic mass is 10.0. The second-order valence-electron chi connectivity index (χ2n) is 5.95. The summed E-state index contributed by atoms with van der Waals surface area (Å²) in [6.07, 6.45) is 0.383. The lowest BCUT2D eigenvalue weighted by molar-refractivity contribution is -0.116. The summed E-state index contributed by atoms with van der Waals surface area (Å²) in [7, 11) is 0. The number of amides is 2. The van der Waals surface area contributed by atoms with Crippen molar-refractivity contribution in [2.75, 3.05) is 24.2 Å². The third kappa shape index (κ3) is 5.43. The van der Waals surface area contributed by atoms with E-state index in [1.165, 1.54) is 28.8 Å². The quantitative estimate of drug-likeness (QED) is 0.774. The molecule has 0 atom stereocenters. The van der Waals surface area contributed by atoms with E-state index in [-0.39, 0.29) is 23.4 Å². The van der Waals surface area contributed by atoms with Gasteiger partial charge in [-0.1, -0.05) is 42.1 Å². The maximum absolute atomic E-state index is 12.7. The van der Waals surface area contributed by atoms with Gasteiger partial charge in [0.15, 0.2) is 0 Å². The van der Waals surface area contributed by atoms with Gasteiger partial charge in [-0.15, -0.1) is 0 Å². The van der Waals surface area contributed by atoms with Gasteiger partial charge in [-0.3, -0.25) is 9.59 Å². The Labute approximate surface area is 159 Å². The van der Waals surface area contributed by atoms with E-state index in [1.54, 1.807) is 6.07 Å². The van der Waals surface area contributed by atoms with Crippen molar-refractivity contribution in [2.24, 2.45) is 0 Å². The summed E-state index contributed by atoms with van der Waals surface area (Å²) in [6.45, 7) is -2.43. The first-order chi connectivity index (χ1) is 13.0. The van der Waals surface area contributed by atoms with Gasteiger partial charge in [0.05, 0.1) is 0 Å². The summed E-state index contributed by atoms with van der Waals surface area (Å²) in [4.78, 5) is 25.2. The molecule has 142 valence electrons. The second kappa shape index (κ2) is 8.85. The lowest BCUT2D eigenvalue weighted by Gasteiger charge is -2.16. The molecule has 0 bridgehead atoms. The Bertz CT molecular complexity index is 818. The van der Waals surface area contributed by atoms with Crippen LogP contribution in [-0.4, -0.2) is 41.5 Å². The largest absolute Gasteiger partial charge is 0.435 e. The van der Waals surface area contributed by atoms with E-state index in [4.69, 9.17) is 0 Å². The zero-order chi connectivity index (χ0) is 19.2. The van der Waals surface area contributed by atoms with Crippen molar-refractivity contribution in [2.45, 2.75) is 13.0 Å². The Morgan fingerprint density at radius 2 is 2.00 bits per heavy atom. The number of anilines is 1. The fourth-order valence-corrected chi connectivity index (χ4v) is 3.59. The average molecular weight is 392 g/mol. The minimum absolute atomic E-state index is 0.0326. The SMILES string of the molecule is O=C(CN1CCSC1=O)Nc1ccc(OC(F)F)c(Cc2ccccc2)c1. The Kier molecular flexibility index (Phi) is 6.28. The lowest BCUT2D eigenvalue weighted by Crippen LogP contribution is -2.33. The molecule has 1 N–H and O–H groups in total. The fourth-order valence-electron chi connectivity index (χ4n) is 2.77. The Morgan fingerprint density at radius 1 is 1.22 bits per heavy atom. The molecule has 2 aromatic carbocycles. The van der Waals surface area contributed by atoms with Crippen LogP contribution in [0.1, 0.15) is 11.1 Å². The van der Waals surface area contributed by atoms with E-state index < -0.39 is 6.61 Å². The number of halogens is 2. The van der Waals surface area contributed by atoms with E-state index in [0.29, 0.717) is 30.0 Å². The van der Waals surface area contributed by atoms with Gasteiger partial charge in [-0.2, -0.15) is 8.78 Å². The monoisotopic (exact) mass is 392 g/mol.